The van der Waals surface area contributed by atoms with Crippen molar-refractivity contribution < 1.29 is 28.7 Å². The third-order valence-corrected chi connectivity index (χ3v) is 6.11. The van der Waals surface area contributed by atoms with Gasteiger partial charge in [0, 0.05) is 12.6 Å². The number of benzene rings is 2. The molecule has 2 heterocycles. The Morgan fingerprint density at radius 1 is 1.15 bits per heavy atom. The van der Waals surface area contributed by atoms with Gasteiger partial charge >= 0.3 is 5.97 Å². The number of anilines is 1. The minimum atomic E-state index is -1.11. The summed E-state index contributed by atoms with van der Waals surface area (Å²) in [5.74, 6) is -1.20. The maximum absolute atomic E-state index is 13.4. The van der Waals surface area contributed by atoms with E-state index in [1.165, 1.54) is 17.0 Å². The standard InChI is InChI=1S/C23H19N3O6S/c1-12-18(24-13(2)32-12)21(28)26(17-5-3-4-16(10-17)22(29)30)11-14-6-8-15(9-7-14)19-20(27)25-23(31)33-19/h3-10,19H,11H2,1-2H3,(H,29,30)(H,25,27,31). The third-order valence-electron chi connectivity index (χ3n) is 5.07. The molecule has 1 atom stereocenters. The molecule has 0 aliphatic carbocycles. The summed E-state index contributed by atoms with van der Waals surface area (Å²) in [5.41, 5.74) is 1.98. The Morgan fingerprint density at radius 2 is 1.88 bits per heavy atom. The van der Waals surface area contributed by atoms with Crippen LogP contribution < -0.4 is 10.2 Å². The quantitative estimate of drug-likeness (QED) is 0.561. The number of hydrogen-bond acceptors (Lipinski definition) is 7. The average Bonchev–Trinajstić information content (AvgIpc) is 3.31. The number of amides is 3. The Hall–Kier alpha value is -3.92. The Bertz CT molecular complexity index is 1270. The minimum Gasteiger partial charge on any atom is -0.478 e. The fraction of sp³-hybridized carbons (Fsp3) is 0.174. The van der Waals surface area contributed by atoms with Gasteiger partial charge in [-0.05, 0) is 48.0 Å². The number of carboxylic acids is 1. The Balaban J connectivity index is 1.66. The number of nitrogens with zero attached hydrogens (tertiary/aromatic N) is 2. The molecule has 1 saturated heterocycles. The van der Waals surface area contributed by atoms with Crippen molar-refractivity contribution in [3.05, 3.63) is 82.6 Å². The number of nitrogens with one attached hydrogen (secondary N) is 1. The van der Waals surface area contributed by atoms with Gasteiger partial charge in [-0.25, -0.2) is 9.78 Å². The number of hydrogen-bond donors (Lipinski definition) is 2. The zero-order valence-corrected chi connectivity index (χ0v) is 18.5. The summed E-state index contributed by atoms with van der Waals surface area (Å²) in [5, 5.41) is 10.6. The molecule has 1 aliphatic rings. The SMILES string of the molecule is Cc1nc(C(=O)N(Cc2ccc(C3SC(=O)NC3=O)cc2)c2cccc(C(=O)O)c2)c(C)o1. The van der Waals surface area contributed by atoms with E-state index in [9.17, 15) is 24.3 Å². The van der Waals surface area contributed by atoms with Gasteiger partial charge in [0.2, 0.25) is 5.91 Å². The van der Waals surface area contributed by atoms with Crippen molar-refractivity contribution in [2.24, 2.45) is 0 Å². The number of imide groups is 1. The summed E-state index contributed by atoms with van der Waals surface area (Å²) in [6, 6.07) is 13.0. The maximum atomic E-state index is 13.4. The van der Waals surface area contributed by atoms with Gasteiger partial charge in [0.25, 0.3) is 11.1 Å². The lowest BCUT2D eigenvalue weighted by atomic mass is 10.1. The molecule has 33 heavy (non-hydrogen) atoms. The molecular formula is C23H19N3O6S. The molecule has 168 valence electrons. The third kappa shape index (κ3) is 4.65. The van der Waals surface area contributed by atoms with Gasteiger partial charge in [-0.2, -0.15) is 0 Å². The highest BCUT2D eigenvalue weighted by atomic mass is 32.2. The number of carbonyl (C=O) groups excluding carboxylic acids is 3. The normalized spacial score (nSPS) is 15.4. The van der Waals surface area contributed by atoms with Crippen LogP contribution in [0.4, 0.5) is 10.5 Å². The second-order valence-corrected chi connectivity index (χ2v) is 8.48. The van der Waals surface area contributed by atoms with E-state index in [0.717, 1.165) is 17.3 Å². The van der Waals surface area contributed by atoms with E-state index < -0.39 is 17.1 Å². The first-order valence-corrected chi connectivity index (χ1v) is 10.8. The van der Waals surface area contributed by atoms with E-state index in [-0.39, 0.29) is 28.9 Å². The van der Waals surface area contributed by atoms with Gasteiger partial charge < -0.3 is 14.4 Å². The van der Waals surface area contributed by atoms with E-state index in [1.54, 1.807) is 50.2 Å². The van der Waals surface area contributed by atoms with Crippen LogP contribution in [-0.4, -0.2) is 33.1 Å². The van der Waals surface area contributed by atoms with Crippen LogP contribution in [0.5, 0.6) is 0 Å². The van der Waals surface area contributed by atoms with Crippen molar-refractivity contribution in [1.29, 1.82) is 0 Å². The molecule has 1 fully saturated rings. The second kappa shape index (κ2) is 8.91. The van der Waals surface area contributed by atoms with Gasteiger partial charge in [-0.1, -0.05) is 30.3 Å². The molecule has 9 nitrogen and oxygen atoms in total. The molecule has 0 bridgehead atoms. The smallest absolute Gasteiger partial charge is 0.335 e. The fourth-order valence-electron chi connectivity index (χ4n) is 3.50. The van der Waals surface area contributed by atoms with Crippen LogP contribution >= 0.6 is 11.8 Å². The van der Waals surface area contributed by atoms with E-state index in [0.29, 0.717) is 22.9 Å². The predicted molar refractivity (Wildman–Crippen MR) is 120 cm³/mol. The minimum absolute atomic E-state index is 0.0441. The molecule has 0 saturated carbocycles. The average molecular weight is 465 g/mol. The van der Waals surface area contributed by atoms with Crippen LogP contribution in [-0.2, 0) is 11.3 Å². The van der Waals surface area contributed by atoms with Crippen LogP contribution in [0.1, 0.15) is 48.9 Å². The van der Waals surface area contributed by atoms with E-state index in [2.05, 4.69) is 10.3 Å². The van der Waals surface area contributed by atoms with Gasteiger partial charge in [-0.15, -0.1) is 0 Å². The first kappa shape index (κ1) is 22.3. The van der Waals surface area contributed by atoms with Gasteiger partial charge in [0.15, 0.2) is 11.6 Å². The van der Waals surface area contributed by atoms with Gasteiger partial charge in [0.05, 0.1) is 12.1 Å². The highest BCUT2D eigenvalue weighted by molar-refractivity contribution is 8.15. The number of thioether (sulfide) groups is 1. The van der Waals surface area contributed by atoms with Crippen LogP contribution in [0, 0.1) is 13.8 Å². The topological polar surface area (TPSA) is 130 Å². The van der Waals surface area contributed by atoms with Crippen molar-refractivity contribution in [3.63, 3.8) is 0 Å². The number of aryl methyl sites for hydroxylation is 2. The molecule has 3 aromatic rings. The van der Waals surface area contributed by atoms with Crippen LogP contribution in [0.3, 0.4) is 0 Å². The lowest BCUT2D eigenvalue weighted by Crippen LogP contribution is -2.31. The zero-order chi connectivity index (χ0) is 23.7. The number of carboxylic acid groups (broad SMARTS) is 1. The van der Waals surface area contributed by atoms with Crippen LogP contribution in [0.25, 0.3) is 0 Å². The Labute approximate surface area is 192 Å². The maximum Gasteiger partial charge on any atom is 0.335 e. The number of aromatic carboxylic acids is 1. The van der Waals surface area contributed by atoms with Crippen LogP contribution in [0.15, 0.2) is 52.9 Å². The molecule has 2 aromatic carbocycles. The second-order valence-electron chi connectivity index (χ2n) is 7.40. The lowest BCUT2D eigenvalue weighted by molar-refractivity contribution is -0.119. The van der Waals surface area contributed by atoms with E-state index >= 15 is 0 Å². The van der Waals surface area contributed by atoms with Crippen LogP contribution in [0.2, 0.25) is 0 Å². The summed E-state index contributed by atoms with van der Waals surface area (Å²) in [7, 11) is 0. The Kier molecular flexibility index (Phi) is 6.01. The number of aromatic nitrogens is 1. The number of oxazole rings is 1. The highest BCUT2D eigenvalue weighted by Gasteiger charge is 2.33. The summed E-state index contributed by atoms with van der Waals surface area (Å²) < 4.78 is 5.40. The van der Waals surface area contributed by atoms with Gasteiger partial charge in [0.1, 0.15) is 11.0 Å². The van der Waals surface area contributed by atoms with Crippen molar-refractivity contribution in [2.45, 2.75) is 25.6 Å². The summed E-state index contributed by atoms with van der Waals surface area (Å²) >= 11 is 0.915. The predicted octanol–water partition coefficient (Wildman–Crippen LogP) is 3.86. The summed E-state index contributed by atoms with van der Waals surface area (Å²) in [6.45, 7) is 3.40. The first-order chi connectivity index (χ1) is 15.7. The largest absolute Gasteiger partial charge is 0.478 e. The highest BCUT2D eigenvalue weighted by Crippen LogP contribution is 2.34. The lowest BCUT2D eigenvalue weighted by Gasteiger charge is -2.23. The van der Waals surface area contributed by atoms with Crippen molar-refractivity contribution in [2.75, 3.05) is 4.90 Å². The monoisotopic (exact) mass is 465 g/mol. The molecular weight excluding hydrogens is 446 g/mol. The summed E-state index contributed by atoms with van der Waals surface area (Å²) in [4.78, 5) is 53.8. The van der Waals surface area contributed by atoms with Crippen molar-refractivity contribution in [3.8, 4) is 0 Å². The Morgan fingerprint density at radius 3 is 2.45 bits per heavy atom. The van der Waals surface area contributed by atoms with Crippen molar-refractivity contribution in [1.82, 2.24) is 10.3 Å². The number of carbonyl (C=O) groups is 4. The molecule has 0 radical (unpaired) electrons. The molecule has 4 rings (SSSR count). The summed E-state index contributed by atoms with van der Waals surface area (Å²) in [6.07, 6.45) is 0. The number of rotatable bonds is 6. The van der Waals surface area contributed by atoms with Gasteiger partial charge in [-0.3, -0.25) is 19.7 Å². The van der Waals surface area contributed by atoms with E-state index in [4.69, 9.17) is 4.42 Å². The fourth-order valence-corrected chi connectivity index (χ4v) is 4.33. The zero-order valence-electron chi connectivity index (χ0n) is 17.7. The van der Waals surface area contributed by atoms with Crippen molar-refractivity contribution >= 4 is 40.5 Å². The first-order valence-electron chi connectivity index (χ1n) is 9.92. The van der Waals surface area contributed by atoms with E-state index in [1.807, 2.05) is 0 Å². The molecule has 1 unspecified atom stereocenters. The molecule has 10 heteroatoms. The molecule has 0 spiro atoms. The molecule has 2 N–H and O–H groups in total. The molecule has 3 amide bonds. The molecule has 1 aliphatic heterocycles. The molecule has 1 aromatic heterocycles.